The van der Waals surface area contributed by atoms with Gasteiger partial charge in [-0.2, -0.15) is 0 Å². The van der Waals surface area contributed by atoms with Crippen molar-refractivity contribution in [2.24, 2.45) is 0 Å². The molecule has 18 heavy (non-hydrogen) atoms. The van der Waals surface area contributed by atoms with Gasteiger partial charge in [-0.3, -0.25) is 9.89 Å². The predicted molar refractivity (Wildman–Crippen MR) is 62.6 cm³/mol. The summed E-state index contributed by atoms with van der Waals surface area (Å²) in [6.45, 7) is 1.63. The lowest BCUT2D eigenvalue weighted by atomic mass is 10.1. The molecule has 0 unspecified atom stereocenters. The number of rotatable bonds is 4. The molecule has 0 radical (unpaired) electrons. The molecule has 2 aromatic heterocycles. The molecule has 0 aliphatic carbocycles. The Kier molecular flexibility index (Phi) is 3.42. The molecule has 0 amide bonds. The van der Waals surface area contributed by atoms with E-state index < -0.39 is 11.5 Å². The van der Waals surface area contributed by atoms with Crippen molar-refractivity contribution < 1.29 is 14.6 Å². The first-order valence-corrected chi connectivity index (χ1v) is 5.56. The number of ether oxygens (including phenoxy) is 1. The molecular weight excluding hydrogens is 238 g/mol. The van der Waals surface area contributed by atoms with Crippen LogP contribution in [-0.4, -0.2) is 38.9 Å². The average Bonchev–Trinajstić information content (AvgIpc) is 2.81. The molecule has 7 heteroatoms. The summed E-state index contributed by atoms with van der Waals surface area (Å²) in [6, 6.07) is 1.58. The highest BCUT2D eigenvalue weighted by atomic mass is 16.5. The van der Waals surface area contributed by atoms with Crippen molar-refractivity contribution in [1.29, 1.82) is 0 Å². The molecule has 2 N–H and O–H groups in total. The summed E-state index contributed by atoms with van der Waals surface area (Å²) in [6.07, 6.45) is 1.60. The van der Waals surface area contributed by atoms with Crippen LogP contribution in [-0.2, 0) is 11.2 Å². The second-order valence-electron chi connectivity index (χ2n) is 3.59. The van der Waals surface area contributed by atoms with E-state index in [1.807, 2.05) is 0 Å². The van der Waals surface area contributed by atoms with E-state index >= 15 is 0 Å². The molecule has 96 valence electrons. The van der Waals surface area contributed by atoms with Gasteiger partial charge in [0.25, 0.3) is 5.56 Å². The number of aromatic amines is 1. The molecule has 7 nitrogen and oxygen atoms in total. The number of hydrogen-bond acceptors (Lipinski definition) is 5. The van der Waals surface area contributed by atoms with Gasteiger partial charge in [0.1, 0.15) is 0 Å². The molecule has 2 rings (SSSR count). The number of aliphatic hydroxyl groups excluding tert-OH is 1. The fraction of sp³-hybridized carbons (Fsp3) is 0.364. The van der Waals surface area contributed by atoms with Crippen LogP contribution in [0.1, 0.15) is 23.0 Å². The fourth-order valence-electron chi connectivity index (χ4n) is 1.70. The number of fused-ring (bicyclic) bond motifs is 1. The molecule has 0 spiro atoms. The van der Waals surface area contributed by atoms with E-state index in [0.29, 0.717) is 5.65 Å². The van der Waals surface area contributed by atoms with Crippen molar-refractivity contribution in [2.45, 2.75) is 13.3 Å². The highest BCUT2D eigenvalue weighted by molar-refractivity contribution is 5.89. The summed E-state index contributed by atoms with van der Waals surface area (Å²) in [5, 5.41) is 11.7. The van der Waals surface area contributed by atoms with Crippen LogP contribution in [0.25, 0.3) is 5.65 Å². The molecule has 0 aromatic carbocycles. The minimum Gasteiger partial charge on any atom is -0.461 e. The Morgan fingerprint density at radius 2 is 2.39 bits per heavy atom. The molecule has 0 atom stereocenters. The molecule has 0 aliphatic rings. The van der Waals surface area contributed by atoms with E-state index in [1.165, 1.54) is 4.52 Å². The lowest BCUT2D eigenvalue weighted by Gasteiger charge is -2.06. The van der Waals surface area contributed by atoms with Gasteiger partial charge in [-0.25, -0.2) is 14.3 Å². The van der Waals surface area contributed by atoms with E-state index in [0.717, 1.165) is 0 Å². The van der Waals surface area contributed by atoms with Crippen LogP contribution >= 0.6 is 0 Å². The van der Waals surface area contributed by atoms with Crippen LogP contribution in [0.15, 0.2) is 17.1 Å². The van der Waals surface area contributed by atoms with E-state index in [1.54, 1.807) is 19.2 Å². The maximum atomic E-state index is 12.1. The molecule has 0 bridgehead atoms. The van der Waals surface area contributed by atoms with Gasteiger partial charge in [0.15, 0.2) is 11.3 Å². The highest BCUT2D eigenvalue weighted by Crippen LogP contribution is 2.07. The Morgan fingerprint density at radius 3 is 3.06 bits per heavy atom. The first-order valence-electron chi connectivity index (χ1n) is 5.56. The van der Waals surface area contributed by atoms with Crippen LogP contribution in [0.3, 0.4) is 0 Å². The van der Waals surface area contributed by atoms with Crippen LogP contribution in [0.4, 0.5) is 0 Å². The van der Waals surface area contributed by atoms with E-state index in [4.69, 9.17) is 9.84 Å². The van der Waals surface area contributed by atoms with Crippen LogP contribution in [0.2, 0.25) is 0 Å². The zero-order chi connectivity index (χ0) is 13.1. The zero-order valence-electron chi connectivity index (χ0n) is 9.84. The van der Waals surface area contributed by atoms with Crippen molar-refractivity contribution in [1.82, 2.24) is 14.6 Å². The van der Waals surface area contributed by atoms with Gasteiger partial charge in [0.05, 0.1) is 12.2 Å². The third-order valence-electron chi connectivity index (χ3n) is 2.47. The Balaban J connectivity index is 2.65. The first-order chi connectivity index (χ1) is 8.69. The smallest absolute Gasteiger partial charge is 0.357 e. The second-order valence-corrected chi connectivity index (χ2v) is 3.59. The first kappa shape index (κ1) is 12.3. The number of nitrogens with one attached hydrogen (secondary N) is 1. The molecule has 0 aliphatic heterocycles. The summed E-state index contributed by atoms with van der Waals surface area (Å²) in [5.74, 6) is -0.651. The maximum Gasteiger partial charge on any atom is 0.357 e. The zero-order valence-corrected chi connectivity index (χ0v) is 9.84. The topological polar surface area (TPSA) is 96.7 Å². The lowest BCUT2D eigenvalue weighted by molar-refractivity contribution is 0.0517. The highest BCUT2D eigenvalue weighted by Gasteiger charge is 2.19. The van der Waals surface area contributed by atoms with E-state index in [9.17, 15) is 9.59 Å². The number of aromatic nitrogens is 3. The number of carbonyl (C=O) groups excluding carboxylic acids is 1. The standard InChI is InChI=1S/C11H13N3O4/c1-2-18-11(17)9-7(4-6-15)10(16)14-8(13-9)3-5-12-14/h3,5,12,15H,2,4,6H2,1H3. The van der Waals surface area contributed by atoms with Gasteiger partial charge >= 0.3 is 5.97 Å². The van der Waals surface area contributed by atoms with E-state index in [2.05, 4.69) is 10.1 Å². The van der Waals surface area contributed by atoms with Crippen LogP contribution in [0.5, 0.6) is 0 Å². The fourth-order valence-corrected chi connectivity index (χ4v) is 1.70. The van der Waals surface area contributed by atoms with Gasteiger partial charge in [0.2, 0.25) is 0 Å². The monoisotopic (exact) mass is 251 g/mol. The van der Waals surface area contributed by atoms with Crippen LogP contribution < -0.4 is 5.56 Å². The van der Waals surface area contributed by atoms with Crippen molar-refractivity contribution in [3.8, 4) is 0 Å². The second kappa shape index (κ2) is 5.01. The number of aliphatic hydroxyl groups is 1. The Morgan fingerprint density at radius 1 is 1.61 bits per heavy atom. The molecule has 0 saturated carbocycles. The van der Waals surface area contributed by atoms with Gasteiger partial charge in [-0.05, 0) is 6.92 Å². The quantitative estimate of drug-likeness (QED) is 0.729. The normalized spacial score (nSPS) is 10.8. The van der Waals surface area contributed by atoms with Crippen molar-refractivity contribution in [2.75, 3.05) is 13.2 Å². The predicted octanol–water partition coefficient (Wildman–Crippen LogP) is -0.266. The lowest BCUT2D eigenvalue weighted by Crippen LogP contribution is -2.26. The number of H-pyrrole nitrogens is 1. The third-order valence-corrected chi connectivity index (χ3v) is 2.47. The largest absolute Gasteiger partial charge is 0.461 e. The summed E-state index contributed by atoms with van der Waals surface area (Å²) >= 11 is 0. The number of nitrogens with zero attached hydrogens (tertiary/aromatic N) is 2. The number of carbonyl (C=O) groups is 1. The van der Waals surface area contributed by atoms with Crippen molar-refractivity contribution in [3.63, 3.8) is 0 Å². The summed E-state index contributed by atoms with van der Waals surface area (Å²) in [5.41, 5.74) is 0.0539. The minimum absolute atomic E-state index is 0.0319. The number of hydrogen-bond donors (Lipinski definition) is 2. The van der Waals surface area contributed by atoms with Crippen LogP contribution in [0, 0.1) is 0 Å². The third kappa shape index (κ3) is 2.00. The van der Waals surface area contributed by atoms with Gasteiger partial charge < -0.3 is 9.84 Å². The van der Waals surface area contributed by atoms with Gasteiger partial charge in [-0.15, -0.1) is 0 Å². The van der Waals surface area contributed by atoms with Gasteiger partial charge in [0, 0.05) is 25.3 Å². The van der Waals surface area contributed by atoms with Crippen molar-refractivity contribution >= 4 is 11.6 Å². The average molecular weight is 251 g/mol. The molecule has 0 saturated heterocycles. The number of esters is 1. The Hall–Kier alpha value is -2.15. The SMILES string of the molecule is CCOC(=O)c1nc2cc[nH]n2c(=O)c1CCO. The summed E-state index contributed by atoms with van der Waals surface area (Å²) in [4.78, 5) is 27.9. The molecular formula is C11H13N3O4. The minimum atomic E-state index is -0.651. The summed E-state index contributed by atoms with van der Waals surface area (Å²) in [7, 11) is 0. The van der Waals surface area contributed by atoms with Gasteiger partial charge in [-0.1, -0.05) is 0 Å². The maximum absolute atomic E-state index is 12.1. The Bertz CT molecular complexity index is 629. The van der Waals surface area contributed by atoms with Crippen molar-refractivity contribution in [3.05, 3.63) is 33.9 Å². The Labute approximate surface area is 102 Å². The molecule has 0 fully saturated rings. The summed E-state index contributed by atoms with van der Waals surface area (Å²) < 4.78 is 6.07. The van der Waals surface area contributed by atoms with E-state index in [-0.39, 0.29) is 30.9 Å². The molecule has 2 heterocycles. The molecule has 2 aromatic rings.